The van der Waals surface area contributed by atoms with Gasteiger partial charge in [-0.15, -0.1) is 11.3 Å². The highest BCUT2D eigenvalue weighted by Crippen LogP contribution is 2.37. The fraction of sp³-hybridized carbons (Fsp3) is 0.105. The molecule has 10 heteroatoms. The molecule has 0 saturated carbocycles. The number of carbonyl (C=O) groups is 1. The highest BCUT2D eigenvalue weighted by molar-refractivity contribution is 7.14. The van der Waals surface area contributed by atoms with Gasteiger partial charge in [-0.1, -0.05) is 18.2 Å². The Hall–Kier alpha value is -3.24. The largest absolute Gasteiger partial charge is 0.418 e. The third-order valence-corrected chi connectivity index (χ3v) is 4.88. The summed E-state index contributed by atoms with van der Waals surface area (Å²) in [5.41, 5.74) is 3.13. The summed E-state index contributed by atoms with van der Waals surface area (Å²) in [6.07, 6.45) is -1.39. The lowest BCUT2D eigenvalue weighted by Gasteiger charge is -2.25. The van der Waals surface area contributed by atoms with Crippen LogP contribution in [-0.2, 0) is 11.0 Å². The molecule has 148 valence electrons. The highest BCUT2D eigenvalue weighted by Gasteiger charge is 2.36. The van der Waals surface area contributed by atoms with Crippen LogP contribution < -0.4 is 15.8 Å². The van der Waals surface area contributed by atoms with Gasteiger partial charge in [-0.3, -0.25) is 20.1 Å². The maximum absolute atomic E-state index is 13.4. The molecule has 0 saturated heterocycles. The van der Waals surface area contributed by atoms with Crippen LogP contribution in [0.15, 0.2) is 65.8 Å². The van der Waals surface area contributed by atoms with E-state index in [1.807, 2.05) is 6.07 Å². The quantitative estimate of drug-likeness (QED) is 0.670. The Balaban J connectivity index is 1.55. The number of pyridine rings is 1. The summed E-state index contributed by atoms with van der Waals surface area (Å²) < 4.78 is 40.1. The number of carbonyl (C=O) groups excluding carboxylic acids is 1. The van der Waals surface area contributed by atoms with Gasteiger partial charge in [-0.2, -0.15) is 13.2 Å². The van der Waals surface area contributed by atoms with E-state index >= 15 is 0 Å². The summed E-state index contributed by atoms with van der Waals surface area (Å²) in [6, 6.07) is 10.5. The number of benzene rings is 1. The number of thiazole rings is 1. The van der Waals surface area contributed by atoms with Gasteiger partial charge in [0.25, 0.3) is 5.91 Å². The third-order valence-electron chi connectivity index (χ3n) is 4.12. The summed E-state index contributed by atoms with van der Waals surface area (Å²) in [5.74, 6) is -0.561. The first kappa shape index (κ1) is 19.1. The molecule has 4 rings (SSSR count). The Labute approximate surface area is 167 Å². The van der Waals surface area contributed by atoms with Crippen molar-refractivity contribution in [3.8, 4) is 11.4 Å². The van der Waals surface area contributed by atoms with Crippen molar-refractivity contribution < 1.29 is 18.0 Å². The summed E-state index contributed by atoms with van der Waals surface area (Å²) >= 11 is 1.21. The van der Waals surface area contributed by atoms with Crippen LogP contribution in [0.1, 0.15) is 5.56 Å². The van der Waals surface area contributed by atoms with Crippen LogP contribution in [0.3, 0.4) is 0 Å². The first-order valence-corrected chi connectivity index (χ1v) is 9.40. The van der Waals surface area contributed by atoms with Gasteiger partial charge in [0.2, 0.25) is 0 Å². The maximum atomic E-state index is 13.4. The van der Waals surface area contributed by atoms with E-state index in [2.05, 4.69) is 20.7 Å². The van der Waals surface area contributed by atoms with Gasteiger partial charge in [0, 0.05) is 18.1 Å². The summed E-state index contributed by atoms with van der Waals surface area (Å²) in [5, 5.41) is 5.86. The fourth-order valence-electron chi connectivity index (χ4n) is 2.85. The molecule has 0 unspecified atom stereocenters. The van der Waals surface area contributed by atoms with Crippen LogP contribution in [0.4, 0.5) is 24.0 Å². The molecule has 1 aliphatic rings. The van der Waals surface area contributed by atoms with E-state index in [0.717, 1.165) is 11.1 Å². The highest BCUT2D eigenvalue weighted by atomic mass is 32.1. The van der Waals surface area contributed by atoms with Gasteiger partial charge in [-0.25, -0.2) is 10.4 Å². The van der Waals surface area contributed by atoms with Crippen LogP contribution in [0.5, 0.6) is 0 Å². The molecule has 0 atom stereocenters. The van der Waals surface area contributed by atoms with Gasteiger partial charge in [0.1, 0.15) is 11.4 Å². The molecule has 2 N–H and O–H groups in total. The second-order valence-electron chi connectivity index (χ2n) is 6.01. The lowest BCUT2D eigenvalue weighted by molar-refractivity contribution is -0.137. The molecule has 1 aliphatic heterocycles. The molecule has 0 radical (unpaired) electrons. The first-order valence-electron chi connectivity index (χ1n) is 8.52. The van der Waals surface area contributed by atoms with Crippen molar-refractivity contribution in [1.82, 2.24) is 15.4 Å². The molecule has 3 aromatic rings. The van der Waals surface area contributed by atoms with Crippen molar-refractivity contribution in [2.24, 2.45) is 0 Å². The monoisotopic (exact) mass is 417 g/mol. The predicted molar refractivity (Wildman–Crippen MR) is 104 cm³/mol. The molecule has 1 aromatic carbocycles. The van der Waals surface area contributed by atoms with E-state index < -0.39 is 17.6 Å². The Morgan fingerprint density at radius 3 is 2.69 bits per heavy atom. The second kappa shape index (κ2) is 7.64. The molecule has 2 aromatic heterocycles. The second-order valence-corrected chi connectivity index (χ2v) is 6.87. The summed E-state index contributed by atoms with van der Waals surface area (Å²) in [7, 11) is 0. The minimum atomic E-state index is -4.55. The number of rotatable bonds is 4. The Bertz CT molecular complexity index is 1060. The lowest BCUT2D eigenvalue weighted by atomic mass is 10.1. The number of amides is 1. The number of alkyl halides is 3. The van der Waals surface area contributed by atoms with E-state index in [9.17, 15) is 18.0 Å². The number of aromatic nitrogens is 2. The molecular formula is C19H14F3N5OS. The number of anilines is 2. The van der Waals surface area contributed by atoms with E-state index in [0.29, 0.717) is 16.5 Å². The average molecular weight is 417 g/mol. The molecular weight excluding hydrogens is 403 g/mol. The number of nitrogens with one attached hydrogen (secondary N) is 2. The molecule has 1 amide bonds. The minimum absolute atomic E-state index is 0.0660. The summed E-state index contributed by atoms with van der Waals surface area (Å²) in [6.45, 7) is 0.228. The molecule has 0 aliphatic carbocycles. The first-order chi connectivity index (χ1) is 13.9. The zero-order chi connectivity index (χ0) is 20.4. The van der Waals surface area contributed by atoms with E-state index in [1.54, 1.807) is 23.7 Å². The number of para-hydroxylation sites is 1. The number of hydrogen-bond acceptors (Lipinski definition) is 6. The van der Waals surface area contributed by atoms with Gasteiger partial charge in [-0.05, 0) is 30.3 Å². The number of hydrazine groups is 1. The van der Waals surface area contributed by atoms with Crippen molar-refractivity contribution in [3.05, 3.63) is 71.4 Å². The minimum Gasteiger partial charge on any atom is -0.296 e. The number of nitrogens with zero attached hydrogens (tertiary/aromatic N) is 3. The van der Waals surface area contributed by atoms with E-state index in [4.69, 9.17) is 0 Å². The van der Waals surface area contributed by atoms with Crippen LogP contribution in [0, 0.1) is 0 Å². The Morgan fingerprint density at radius 1 is 1.14 bits per heavy atom. The van der Waals surface area contributed by atoms with Gasteiger partial charge in [0.05, 0.1) is 16.9 Å². The van der Waals surface area contributed by atoms with E-state index in [1.165, 1.54) is 35.6 Å². The zero-order valence-corrected chi connectivity index (χ0v) is 15.6. The zero-order valence-electron chi connectivity index (χ0n) is 14.8. The number of hydrogen-bond donors (Lipinski definition) is 2. The van der Waals surface area contributed by atoms with Crippen molar-refractivity contribution >= 4 is 28.1 Å². The topological polar surface area (TPSA) is 70.1 Å². The van der Waals surface area contributed by atoms with Crippen molar-refractivity contribution in [1.29, 1.82) is 0 Å². The third kappa shape index (κ3) is 3.98. The van der Waals surface area contributed by atoms with Gasteiger partial charge >= 0.3 is 6.18 Å². The van der Waals surface area contributed by atoms with Crippen molar-refractivity contribution in [2.45, 2.75) is 6.18 Å². The van der Waals surface area contributed by atoms with Crippen LogP contribution in [-0.4, -0.2) is 22.4 Å². The Morgan fingerprint density at radius 2 is 1.93 bits per heavy atom. The standard InChI is InChI=1S/C19H14F3N5OS/c20-19(21,22)12-5-1-2-7-15(12)27-16(8-10-24-27)17(28)26-18-25-14(11-29-18)13-6-3-4-9-23-13/h1-9,11,24H,10H2,(H,25,26,28). The summed E-state index contributed by atoms with van der Waals surface area (Å²) in [4.78, 5) is 21.2. The van der Waals surface area contributed by atoms with Crippen LogP contribution in [0.25, 0.3) is 11.4 Å². The number of halogens is 3. The smallest absolute Gasteiger partial charge is 0.296 e. The maximum Gasteiger partial charge on any atom is 0.418 e. The Kier molecular flexibility index (Phi) is 5.03. The molecule has 0 spiro atoms. The average Bonchev–Trinajstić information content (AvgIpc) is 3.38. The lowest BCUT2D eigenvalue weighted by Crippen LogP contribution is -2.37. The van der Waals surface area contributed by atoms with Crippen molar-refractivity contribution in [3.63, 3.8) is 0 Å². The van der Waals surface area contributed by atoms with E-state index in [-0.39, 0.29) is 17.9 Å². The fourth-order valence-corrected chi connectivity index (χ4v) is 3.55. The molecule has 0 fully saturated rings. The van der Waals surface area contributed by atoms with Crippen molar-refractivity contribution in [2.75, 3.05) is 16.9 Å². The van der Waals surface area contributed by atoms with Gasteiger partial charge < -0.3 is 0 Å². The predicted octanol–water partition coefficient (Wildman–Crippen LogP) is 4.07. The van der Waals surface area contributed by atoms with Crippen LogP contribution in [0.2, 0.25) is 0 Å². The molecule has 6 nitrogen and oxygen atoms in total. The molecule has 29 heavy (non-hydrogen) atoms. The van der Waals surface area contributed by atoms with Gasteiger partial charge in [0.15, 0.2) is 5.13 Å². The molecule has 3 heterocycles. The SMILES string of the molecule is O=C(Nc1nc(-c2ccccn2)cs1)C1=CCNN1c1ccccc1C(F)(F)F. The normalized spacial score (nSPS) is 14.0. The van der Waals surface area contributed by atoms with Crippen LogP contribution >= 0.6 is 11.3 Å². The molecule has 0 bridgehead atoms.